The Labute approximate surface area is 95.0 Å². The quantitative estimate of drug-likeness (QED) is 0.786. The monoisotopic (exact) mass is 301 g/mol. The molecule has 0 aliphatic heterocycles. The first-order valence-corrected chi connectivity index (χ1v) is 5.82. The van der Waals surface area contributed by atoms with Gasteiger partial charge in [-0.25, -0.2) is 0 Å². The Kier molecular flexibility index (Phi) is 3.95. The first kappa shape index (κ1) is 10.7. The van der Waals surface area contributed by atoms with Crippen molar-refractivity contribution in [2.75, 3.05) is 5.33 Å². The second-order valence-electron chi connectivity index (χ2n) is 2.87. The van der Waals surface area contributed by atoms with Crippen LogP contribution in [-0.2, 0) is 6.42 Å². The number of hydrogen-bond donors (Lipinski definition) is 0. The van der Waals surface area contributed by atoms with E-state index < -0.39 is 4.32 Å². The first-order chi connectivity index (χ1) is 6.20. The van der Waals surface area contributed by atoms with Gasteiger partial charge in [0.1, 0.15) is 4.32 Å². The van der Waals surface area contributed by atoms with E-state index in [-0.39, 0.29) is 0 Å². The van der Waals surface area contributed by atoms with Gasteiger partial charge in [-0.15, -0.1) is 0 Å². The van der Waals surface area contributed by atoms with Crippen LogP contribution >= 0.6 is 31.9 Å². The van der Waals surface area contributed by atoms with Gasteiger partial charge < -0.3 is 0 Å². The van der Waals surface area contributed by atoms with E-state index in [1.165, 1.54) is 5.56 Å². The van der Waals surface area contributed by atoms with Crippen LogP contribution in [0.4, 0.5) is 0 Å². The van der Waals surface area contributed by atoms with Crippen molar-refractivity contribution in [2.45, 2.75) is 10.7 Å². The molecule has 13 heavy (non-hydrogen) atoms. The maximum absolute atomic E-state index is 8.92. The van der Waals surface area contributed by atoms with Crippen molar-refractivity contribution in [1.29, 1.82) is 5.26 Å². The van der Waals surface area contributed by atoms with Crippen LogP contribution in [0.1, 0.15) is 5.56 Å². The van der Waals surface area contributed by atoms with Gasteiger partial charge in [-0.3, -0.25) is 0 Å². The molecule has 1 rings (SSSR count). The zero-order valence-corrected chi connectivity index (χ0v) is 10.2. The highest BCUT2D eigenvalue weighted by Crippen LogP contribution is 2.24. The van der Waals surface area contributed by atoms with Crippen molar-refractivity contribution in [2.24, 2.45) is 0 Å². The second-order valence-corrected chi connectivity index (χ2v) is 4.95. The summed E-state index contributed by atoms with van der Waals surface area (Å²) in [6.45, 7) is 0. The highest BCUT2D eigenvalue weighted by molar-refractivity contribution is 9.12. The predicted molar refractivity (Wildman–Crippen MR) is 61.2 cm³/mol. The number of nitrogens with zero attached hydrogens (tertiary/aromatic N) is 1. The molecule has 0 aliphatic rings. The largest absolute Gasteiger partial charge is 0.197 e. The molecule has 0 N–H and O–H groups in total. The minimum absolute atomic E-state index is 0.478. The smallest absolute Gasteiger partial charge is 0.126 e. The molecule has 0 heterocycles. The van der Waals surface area contributed by atoms with Gasteiger partial charge in [0.2, 0.25) is 0 Å². The van der Waals surface area contributed by atoms with Gasteiger partial charge in [0, 0.05) is 11.8 Å². The molecule has 1 aromatic rings. The molecule has 1 unspecified atom stereocenters. The average Bonchev–Trinajstić information content (AvgIpc) is 2.19. The Morgan fingerprint density at radius 1 is 1.31 bits per heavy atom. The van der Waals surface area contributed by atoms with Crippen LogP contribution < -0.4 is 0 Å². The van der Waals surface area contributed by atoms with E-state index in [0.29, 0.717) is 5.33 Å². The lowest BCUT2D eigenvalue weighted by atomic mass is 10.0. The van der Waals surface area contributed by atoms with Crippen LogP contribution in [0.15, 0.2) is 30.3 Å². The molecule has 0 aromatic heterocycles. The summed E-state index contributed by atoms with van der Waals surface area (Å²) in [6.07, 6.45) is 0.718. The molecule has 0 amide bonds. The third-order valence-electron chi connectivity index (χ3n) is 1.74. The number of benzene rings is 1. The Hall–Kier alpha value is -0.330. The van der Waals surface area contributed by atoms with Gasteiger partial charge in [-0.05, 0) is 5.56 Å². The van der Waals surface area contributed by atoms with Crippen LogP contribution in [0.3, 0.4) is 0 Å². The molecule has 0 saturated heterocycles. The van der Waals surface area contributed by atoms with E-state index in [1.807, 2.05) is 30.3 Å². The van der Waals surface area contributed by atoms with Gasteiger partial charge in [-0.1, -0.05) is 62.2 Å². The molecule has 0 radical (unpaired) electrons. The Morgan fingerprint density at radius 2 is 1.92 bits per heavy atom. The molecule has 68 valence electrons. The summed E-state index contributed by atoms with van der Waals surface area (Å²) in [6, 6.07) is 12.2. The third kappa shape index (κ3) is 3.13. The number of halogens is 2. The molecule has 0 bridgehead atoms. The van der Waals surface area contributed by atoms with Crippen molar-refractivity contribution < 1.29 is 0 Å². The summed E-state index contributed by atoms with van der Waals surface area (Å²) in [4.78, 5) is 0. The highest BCUT2D eigenvalue weighted by atomic mass is 79.9. The third-order valence-corrected chi connectivity index (χ3v) is 4.19. The maximum Gasteiger partial charge on any atom is 0.126 e. The van der Waals surface area contributed by atoms with Crippen molar-refractivity contribution in [3.8, 4) is 6.07 Å². The molecule has 1 atom stereocenters. The van der Waals surface area contributed by atoms with Gasteiger partial charge in [0.05, 0.1) is 6.07 Å². The molecule has 0 fully saturated rings. The van der Waals surface area contributed by atoms with Gasteiger partial charge in [0.25, 0.3) is 0 Å². The van der Waals surface area contributed by atoms with E-state index in [2.05, 4.69) is 37.9 Å². The fourth-order valence-electron chi connectivity index (χ4n) is 1.04. The molecule has 1 nitrogen and oxygen atoms in total. The van der Waals surface area contributed by atoms with Gasteiger partial charge in [0.15, 0.2) is 0 Å². The summed E-state index contributed by atoms with van der Waals surface area (Å²) in [5, 5.41) is 9.55. The van der Waals surface area contributed by atoms with Crippen LogP contribution in [0, 0.1) is 11.3 Å². The van der Waals surface area contributed by atoms with Crippen molar-refractivity contribution >= 4 is 31.9 Å². The summed E-state index contributed by atoms with van der Waals surface area (Å²) in [5.74, 6) is 0. The molecule has 1 aromatic carbocycles. The van der Waals surface area contributed by atoms with Crippen LogP contribution in [0.5, 0.6) is 0 Å². The van der Waals surface area contributed by atoms with E-state index >= 15 is 0 Å². The lowest BCUT2D eigenvalue weighted by Crippen LogP contribution is -2.23. The number of hydrogen-bond acceptors (Lipinski definition) is 1. The zero-order chi connectivity index (χ0) is 9.73. The summed E-state index contributed by atoms with van der Waals surface area (Å²) in [7, 11) is 0. The fourth-order valence-corrected chi connectivity index (χ4v) is 1.68. The Morgan fingerprint density at radius 3 is 2.38 bits per heavy atom. The number of rotatable bonds is 3. The molecule has 3 heteroatoms. The van der Waals surface area contributed by atoms with Crippen LogP contribution in [-0.4, -0.2) is 9.65 Å². The highest BCUT2D eigenvalue weighted by Gasteiger charge is 2.24. The minimum Gasteiger partial charge on any atom is -0.197 e. The lowest BCUT2D eigenvalue weighted by molar-refractivity contribution is 0.830. The Balaban J connectivity index is 2.75. The Bertz CT molecular complexity index is 304. The first-order valence-electron chi connectivity index (χ1n) is 3.90. The van der Waals surface area contributed by atoms with Crippen molar-refractivity contribution in [3.05, 3.63) is 35.9 Å². The van der Waals surface area contributed by atoms with Crippen molar-refractivity contribution in [3.63, 3.8) is 0 Å². The molecular weight excluding hydrogens is 294 g/mol. The molecule has 0 aliphatic carbocycles. The lowest BCUT2D eigenvalue weighted by Gasteiger charge is -2.15. The predicted octanol–water partition coefficient (Wildman–Crippen LogP) is 3.28. The SMILES string of the molecule is N#CC(Br)(CBr)Cc1ccccc1. The van der Waals surface area contributed by atoms with Crippen LogP contribution in [0.25, 0.3) is 0 Å². The van der Waals surface area contributed by atoms with Crippen molar-refractivity contribution in [1.82, 2.24) is 0 Å². The van der Waals surface area contributed by atoms with E-state index in [4.69, 9.17) is 5.26 Å². The van der Waals surface area contributed by atoms with E-state index in [9.17, 15) is 0 Å². The minimum atomic E-state index is -0.478. The molecule has 0 saturated carbocycles. The van der Waals surface area contributed by atoms with Crippen LogP contribution in [0.2, 0.25) is 0 Å². The molecule has 0 spiro atoms. The molecular formula is C10H9Br2N. The van der Waals surface area contributed by atoms with E-state index in [1.54, 1.807) is 0 Å². The fraction of sp³-hybridized carbons (Fsp3) is 0.300. The summed E-state index contributed by atoms with van der Waals surface area (Å²) >= 11 is 6.73. The average molecular weight is 303 g/mol. The van der Waals surface area contributed by atoms with Gasteiger partial charge >= 0.3 is 0 Å². The standard InChI is InChI=1S/C10H9Br2N/c11-7-10(12,8-13)6-9-4-2-1-3-5-9/h1-5H,6-7H2. The summed E-state index contributed by atoms with van der Waals surface area (Å²) in [5.41, 5.74) is 1.17. The topological polar surface area (TPSA) is 23.8 Å². The second kappa shape index (κ2) is 4.78. The maximum atomic E-state index is 8.92. The number of alkyl halides is 2. The van der Waals surface area contributed by atoms with E-state index in [0.717, 1.165) is 6.42 Å². The summed E-state index contributed by atoms with van der Waals surface area (Å²) < 4.78 is -0.478. The zero-order valence-electron chi connectivity index (χ0n) is 7.00. The number of nitriles is 1. The van der Waals surface area contributed by atoms with Gasteiger partial charge in [-0.2, -0.15) is 5.26 Å². The normalized spacial score (nSPS) is 14.5.